The number of amides is 1. The third-order valence-corrected chi connectivity index (χ3v) is 5.16. The lowest BCUT2D eigenvalue weighted by Gasteiger charge is -2.37. The quantitative estimate of drug-likeness (QED) is 0.869. The molecule has 1 aromatic rings. The Morgan fingerprint density at radius 2 is 2.04 bits per heavy atom. The van der Waals surface area contributed by atoms with E-state index in [4.69, 9.17) is 4.74 Å². The zero-order chi connectivity index (χ0) is 16.3. The minimum absolute atomic E-state index is 0.0333. The van der Waals surface area contributed by atoms with E-state index < -0.39 is 0 Å². The number of likely N-dealkylation sites (tertiary alicyclic amines) is 1. The van der Waals surface area contributed by atoms with Gasteiger partial charge in [-0.05, 0) is 55.6 Å². The average molecular weight is 322 g/mol. The lowest BCUT2D eigenvalue weighted by atomic mass is 9.71. The molecule has 23 heavy (non-hydrogen) atoms. The number of hydrogen-bond acceptors (Lipinski definition) is 4. The molecule has 1 aromatic carbocycles. The van der Waals surface area contributed by atoms with E-state index in [1.54, 1.807) is 4.90 Å². The van der Waals surface area contributed by atoms with Gasteiger partial charge >= 0.3 is 0 Å². The number of carbonyl (C=O) groups excluding carboxylic acids is 1. The summed E-state index contributed by atoms with van der Waals surface area (Å²) in [7, 11) is 0. The van der Waals surface area contributed by atoms with Gasteiger partial charge < -0.3 is 20.1 Å². The Kier molecular flexibility index (Phi) is 4.82. The third-order valence-electron chi connectivity index (χ3n) is 5.16. The maximum Gasteiger partial charge on any atom is 0.260 e. The van der Waals surface area contributed by atoms with Gasteiger partial charge in [0, 0.05) is 25.6 Å². The second kappa shape index (κ2) is 6.84. The van der Waals surface area contributed by atoms with Crippen LogP contribution < -0.4 is 10.1 Å². The van der Waals surface area contributed by atoms with Crippen molar-refractivity contribution >= 4 is 5.91 Å². The summed E-state index contributed by atoms with van der Waals surface area (Å²) in [6.07, 6.45) is 1.97. The van der Waals surface area contributed by atoms with Crippen molar-refractivity contribution in [1.82, 2.24) is 10.2 Å². The molecule has 3 rings (SSSR count). The fourth-order valence-corrected chi connectivity index (χ4v) is 3.73. The number of carbonyl (C=O) groups is 1. The van der Waals surface area contributed by atoms with Gasteiger partial charge in [0.05, 0.1) is 0 Å². The molecule has 2 aliphatic rings. The minimum atomic E-state index is -0.332. The fraction of sp³-hybridized carbons (Fsp3) is 0.588. The van der Waals surface area contributed by atoms with Crippen molar-refractivity contribution < 1.29 is 19.0 Å². The topological polar surface area (TPSA) is 61.8 Å². The van der Waals surface area contributed by atoms with Gasteiger partial charge in [-0.15, -0.1) is 0 Å². The summed E-state index contributed by atoms with van der Waals surface area (Å²) >= 11 is 0. The van der Waals surface area contributed by atoms with Crippen LogP contribution in [0.5, 0.6) is 5.75 Å². The standard InChI is InChI=1S/C17H23FN2O3/c18-14-1-3-15(4-2-14)23-11-16(22)20-9-13(10-21)17(12-20)5-7-19-8-6-17/h1-4,13,19,21H,5-12H2. The first-order chi connectivity index (χ1) is 11.1. The number of benzene rings is 1. The fourth-order valence-electron chi connectivity index (χ4n) is 3.73. The van der Waals surface area contributed by atoms with Crippen molar-refractivity contribution in [2.75, 3.05) is 39.4 Å². The molecule has 1 unspecified atom stereocenters. The molecule has 2 saturated heterocycles. The molecule has 1 spiro atoms. The van der Waals surface area contributed by atoms with E-state index in [0.717, 1.165) is 25.9 Å². The van der Waals surface area contributed by atoms with Gasteiger partial charge in [0.25, 0.3) is 5.91 Å². The molecule has 2 N–H and O–H groups in total. The van der Waals surface area contributed by atoms with Crippen molar-refractivity contribution in [3.8, 4) is 5.75 Å². The maximum absolute atomic E-state index is 12.9. The molecule has 0 aliphatic carbocycles. The van der Waals surface area contributed by atoms with Crippen LogP contribution in [0.4, 0.5) is 4.39 Å². The van der Waals surface area contributed by atoms with Crippen molar-refractivity contribution in [3.63, 3.8) is 0 Å². The van der Waals surface area contributed by atoms with Crippen LogP contribution in [-0.4, -0.2) is 55.3 Å². The van der Waals surface area contributed by atoms with Crippen molar-refractivity contribution in [2.45, 2.75) is 12.8 Å². The molecule has 0 bridgehead atoms. The Morgan fingerprint density at radius 1 is 1.35 bits per heavy atom. The van der Waals surface area contributed by atoms with Crippen molar-refractivity contribution in [2.24, 2.45) is 11.3 Å². The predicted octanol–water partition coefficient (Wildman–Crippen LogP) is 1.02. The molecule has 0 radical (unpaired) electrons. The van der Waals surface area contributed by atoms with Crippen LogP contribution in [0, 0.1) is 17.2 Å². The third kappa shape index (κ3) is 3.48. The Hall–Kier alpha value is -1.66. The molecule has 126 valence electrons. The summed E-state index contributed by atoms with van der Waals surface area (Å²) in [6, 6.07) is 5.64. The van der Waals surface area contributed by atoms with Crippen LogP contribution in [0.15, 0.2) is 24.3 Å². The Morgan fingerprint density at radius 3 is 2.70 bits per heavy atom. The summed E-state index contributed by atoms with van der Waals surface area (Å²) in [5.41, 5.74) is 0.0333. The van der Waals surface area contributed by atoms with Gasteiger partial charge in [0.15, 0.2) is 6.61 Å². The van der Waals surface area contributed by atoms with Crippen LogP contribution in [0.1, 0.15) is 12.8 Å². The maximum atomic E-state index is 12.9. The van der Waals surface area contributed by atoms with E-state index in [1.807, 2.05) is 0 Å². The second-order valence-electron chi connectivity index (χ2n) is 6.51. The largest absolute Gasteiger partial charge is 0.484 e. The number of aliphatic hydroxyl groups is 1. The molecule has 2 heterocycles. The average Bonchev–Trinajstić information content (AvgIpc) is 2.93. The Balaban J connectivity index is 1.58. The number of halogens is 1. The van der Waals surface area contributed by atoms with Gasteiger partial charge in [-0.1, -0.05) is 0 Å². The normalized spacial score (nSPS) is 23.2. The van der Waals surface area contributed by atoms with Gasteiger partial charge in [-0.3, -0.25) is 4.79 Å². The lowest BCUT2D eigenvalue weighted by molar-refractivity contribution is -0.132. The zero-order valence-corrected chi connectivity index (χ0v) is 13.1. The van der Waals surface area contributed by atoms with E-state index in [2.05, 4.69) is 5.32 Å². The first-order valence-electron chi connectivity index (χ1n) is 8.11. The predicted molar refractivity (Wildman–Crippen MR) is 83.6 cm³/mol. The number of nitrogens with zero attached hydrogens (tertiary/aromatic N) is 1. The molecule has 2 fully saturated rings. The van der Waals surface area contributed by atoms with Crippen LogP contribution in [0.2, 0.25) is 0 Å². The van der Waals surface area contributed by atoms with Crippen LogP contribution in [-0.2, 0) is 4.79 Å². The van der Waals surface area contributed by atoms with Gasteiger partial charge in [0.2, 0.25) is 0 Å². The number of ether oxygens (including phenoxy) is 1. The summed E-state index contributed by atoms with van der Waals surface area (Å²) < 4.78 is 18.3. The number of piperidine rings is 1. The first-order valence-corrected chi connectivity index (χ1v) is 8.11. The molecule has 1 atom stereocenters. The van der Waals surface area contributed by atoms with Crippen LogP contribution in [0.25, 0.3) is 0 Å². The second-order valence-corrected chi connectivity index (χ2v) is 6.51. The number of aliphatic hydroxyl groups excluding tert-OH is 1. The van der Waals surface area contributed by atoms with E-state index >= 15 is 0 Å². The molecular formula is C17H23FN2O3. The van der Waals surface area contributed by atoms with Crippen molar-refractivity contribution in [1.29, 1.82) is 0 Å². The summed E-state index contributed by atoms with van der Waals surface area (Å²) in [5, 5.41) is 13.0. The van der Waals surface area contributed by atoms with E-state index in [1.165, 1.54) is 24.3 Å². The monoisotopic (exact) mass is 322 g/mol. The molecule has 0 saturated carbocycles. The SMILES string of the molecule is O=C(COc1ccc(F)cc1)N1CC(CO)C2(CCNCC2)C1. The molecule has 6 heteroatoms. The summed E-state index contributed by atoms with van der Waals surface area (Å²) in [4.78, 5) is 14.2. The smallest absolute Gasteiger partial charge is 0.260 e. The highest BCUT2D eigenvalue weighted by Crippen LogP contribution is 2.43. The number of nitrogens with one attached hydrogen (secondary N) is 1. The van der Waals surface area contributed by atoms with E-state index in [0.29, 0.717) is 18.8 Å². The highest BCUT2D eigenvalue weighted by atomic mass is 19.1. The molecule has 2 aliphatic heterocycles. The molecule has 0 aromatic heterocycles. The summed E-state index contributed by atoms with van der Waals surface area (Å²) in [5.74, 6) is 0.207. The Bertz CT molecular complexity index is 543. The van der Waals surface area contributed by atoms with E-state index in [9.17, 15) is 14.3 Å². The van der Waals surface area contributed by atoms with Gasteiger partial charge in [0.1, 0.15) is 11.6 Å². The highest BCUT2D eigenvalue weighted by molar-refractivity contribution is 5.78. The summed E-state index contributed by atoms with van der Waals surface area (Å²) in [6.45, 7) is 3.20. The number of rotatable bonds is 4. The molecule has 5 nitrogen and oxygen atoms in total. The van der Waals surface area contributed by atoms with Crippen molar-refractivity contribution in [3.05, 3.63) is 30.1 Å². The molecule has 1 amide bonds. The Labute approximate surface area is 135 Å². The molecular weight excluding hydrogens is 299 g/mol. The minimum Gasteiger partial charge on any atom is -0.484 e. The number of hydrogen-bond donors (Lipinski definition) is 2. The lowest BCUT2D eigenvalue weighted by Crippen LogP contribution is -2.43. The van der Waals surface area contributed by atoms with Gasteiger partial charge in [-0.2, -0.15) is 0 Å². The van der Waals surface area contributed by atoms with Crippen LogP contribution >= 0.6 is 0 Å². The van der Waals surface area contributed by atoms with Crippen LogP contribution in [0.3, 0.4) is 0 Å². The van der Waals surface area contributed by atoms with E-state index in [-0.39, 0.29) is 36.3 Å². The highest BCUT2D eigenvalue weighted by Gasteiger charge is 2.47. The first kappa shape index (κ1) is 16.2. The van der Waals surface area contributed by atoms with Gasteiger partial charge in [-0.25, -0.2) is 4.39 Å². The zero-order valence-electron chi connectivity index (χ0n) is 13.1.